The first-order chi connectivity index (χ1) is 16.5. The van der Waals surface area contributed by atoms with Crippen LogP contribution in [-0.4, -0.2) is 25.0 Å². The Kier molecular flexibility index (Phi) is 13.2. The van der Waals surface area contributed by atoms with Crippen molar-refractivity contribution in [1.82, 2.24) is 5.32 Å². The van der Waals surface area contributed by atoms with Crippen molar-refractivity contribution < 1.29 is 14.3 Å². The summed E-state index contributed by atoms with van der Waals surface area (Å²) < 4.78 is 5.81. The number of halogens is 1. The van der Waals surface area contributed by atoms with Gasteiger partial charge in [-0.25, -0.2) is 0 Å². The molecule has 0 saturated heterocycles. The number of unbranched alkanes of at least 4 members (excludes halogenated alkanes) is 8. The summed E-state index contributed by atoms with van der Waals surface area (Å²) in [6.07, 6.45) is 12.0. The molecular formula is C28H39ClN2O3. The maximum Gasteiger partial charge on any atom is 0.255 e. The van der Waals surface area contributed by atoms with Crippen LogP contribution in [0.1, 0.15) is 98.8 Å². The predicted octanol–water partition coefficient (Wildman–Crippen LogP) is 7.64. The molecule has 0 heterocycles. The monoisotopic (exact) mass is 486 g/mol. The van der Waals surface area contributed by atoms with Gasteiger partial charge in [0.1, 0.15) is 5.75 Å². The Balaban J connectivity index is 1.79. The molecule has 5 nitrogen and oxygen atoms in total. The summed E-state index contributed by atoms with van der Waals surface area (Å²) in [6, 6.07) is 11.9. The first kappa shape index (κ1) is 27.7. The highest BCUT2D eigenvalue weighted by atomic mass is 35.5. The molecule has 2 aromatic rings. The van der Waals surface area contributed by atoms with Crippen LogP contribution in [0.5, 0.6) is 5.75 Å². The Bertz CT molecular complexity index is 884. The fraction of sp³-hybridized carbons (Fsp3) is 0.500. The summed E-state index contributed by atoms with van der Waals surface area (Å²) in [5, 5.41) is 6.05. The van der Waals surface area contributed by atoms with Gasteiger partial charge in [0, 0.05) is 17.7 Å². The molecule has 0 aliphatic heterocycles. The molecule has 0 aromatic heterocycles. The second-order valence-corrected chi connectivity index (χ2v) is 9.01. The van der Waals surface area contributed by atoms with Crippen molar-refractivity contribution in [2.45, 2.75) is 78.1 Å². The lowest BCUT2D eigenvalue weighted by Crippen LogP contribution is -2.24. The van der Waals surface area contributed by atoms with Gasteiger partial charge in [-0.05, 0) is 55.3 Å². The number of rotatable bonds is 16. The summed E-state index contributed by atoms with van der Waals surface area (Å²) in [7, 11) is 0. The molecule has 0 bridgehead atoms. The van der Waals surface area contributed by atoms with Gasteiger partial charge < -0.3 is 15.4 Å². The maximum absolute atomic E-state index is 12.7. The van der Waals surface area contributed by atoms with Gasteiger partial charge in [0.25, 0.3) is 11.8 Å². The Morgan fingerprint density at radius 1 is 0.765 bits per heavy atom. The fourth-order valence-corrected chi connectivity index (χ4v) is 3.73. The van der Waals surface area contributed by atoms with Gasteiger partial charge in [0.2, 0.25) is 0 Å². The number of carbonyl (C=O) groups is 2. The second-order valence-electron chi connectivity index (χ2n) is 8.61. The zero-order valence-corrected chi connectivity index (χ0v) is 21.4. The molecule has 0 aliphatic carbocycles. The molecule has 0 atom stereocenters. The average Bonchev–Trinajstić information content (AvgIpc) is 2.84. The van der Waals surface area contributed by atoms with E-state index in [1.54, 1.807) is 42.5 Å². The predicted molar refractivity (Wildman–Crippen MR) is 141 cm³/mol. The van der Waals surface area contributed by atoms with E-state index in [0.29, 0.717) is 35.0 Å². The highest BCUT2D eigenvalue weighted by molar-refractivity contribution is 6.34. The van der Waals surface area contributed by atoms with Gasteiger partial charge in [0.05, 0.1) is 17.3 Å². The van der Waals surface area contributed by atoms with Crippen molar-refractivity contribution >= 4 is 29.1 Å². The molecule has 2 N–H and O–H groups in total. The Morgan fingerprint density at radius 2 is 1.38 bits per heavy atom. The number of carbonyl (C=O) groups excluding carboxylic acids is 2. The van der Waals surface area contributed by atoms with Crippen LogP contribution >= 0.6 is 11.6 Å². The van der Waals surface area contributed by atoms with Crippen LogP contribution in [0.3, 0.4) is 0 Å². The molecule has 0 aliphatic rings. The number of amides is 2. The van der Waals surface area contributed by atoms with E-state index in [4.69, 9.17) is 16.3 Å². The number of benzene rings is 2. The highest BCUT2D eigenvalue weighted by Gasteiger charge is 2.12. The fourth-order valence-electron chi connectivity index (χ4n) is 3.57. The van der Waals surface area contributed by atoms with E-state index >= 15 is 0 Å². The Morgan fingerprint density at radius 3 is 2.06 bits per heavy atom. The van der Waals surface area contributed by atoms with Crippen molar-refractivity contribution in [1.29, 1.82) is 0 Å². The van der Waals surface area contributed by atoms with Crippen LogP contribution in [-0.2, 0) is 0 Å². The van der Waals surface area contributed by atoms with Crippen molar-refractivity contribution in [2.24, 2.45) is 0 Å². The molecule has 2 amide bonds. The molecule has 186 valence electrons. The first-order valence-corrected chi connectivity index (χ1v) is 13.0. The average molecular weight is 487 g/mol. The largest absolute Gasteiger partial charge is 0.494 e. The maximum atomic E-state index is 12.7. The van der Waals surface area contributed by atoms with E-state index in [-0.39, 0.29) is 11.8 Å². The zero-order valence-electron chi connectivity index (χ0n) is 20.6. The molecule has 0 unspecified atom stereocenters. The van der Waals surface area contributed by atoms with Crippen LogP contribution in [0.2, 0.25) is 5.02 Å². The quantitative estimate of drug-likeness (QED) is 0.239. The smallest absolute Gasteiger partial charge is 0.255 e. The third-order valence-electron chi connectivity index (χ3n) is 5.68. The van der Waals surface area contributed by atoms with Crippen LogP contribution in [0, 0.1) is 0 Å². The molecule has 2 aromatic carbocycles. The molecule has 2 rings (SSSR count). The highest BCUT2D eigenvalue weighted by Crippen LogP contribution is 2.24. The third-order valence-corrected chi connectivity index (χ3v) is 6.01. The topological polar surface area (TPSA) is 67.4 Å². The van der Waals surface area contributed by atoms with E-state index in [1.807, 2.05) is 0 Å². The summed E-state index contributed by atoms with van der Waals surface area (Å²) in [5.41, 5.74) is 1.36. The lowest BCUT2D eigenvalue weighted by molar-refractivity contribution is 0.0951. The Hall–Kier alpha value is -2.53. The Labute approximate surface area is 209 Å². The van der Waals surface area contributed by atoms with Crippen LogP contribution in [0.15, 0.2) is 42.5 Å². The minimum Gasteiger partial charge on any atom is -0.494 e. The number of anilines is 1. The molecule has 6 heteroatoms. The summed E-state index contributed by atoms with van der Waals surface area (Å²) in [4.78, 5) is 25.0. The van der Waals surface area contributed by atoms with Gasteiger partial charge in [-0.2, -0.15) is 0 Å². The lowest BCUT2D eigenvalue weighted by atomic mass is 10.1. The van der Waals surface area contributed by atoms with Gasteiger partial charge in [-0.15, -0.1) is 0 Å². The molecule has 0 radical (unpaired) electrons. The van der Waals surface area contributed by atoms with Crippen LogP contribution in [0.4, 0.5) is 5.69 Å². The van der Waals surface area contributed by atoms with Gasteiger partial charge in [-0.3, -0.25) is 9.59 Å². The van der Waals surface area contributed by atoms with Crippen molar-refractivity contribution in [3.63, 3.8) is 0 Å². The van der Waals surface area contributed by atoms with Gasteiger partial charge in [0.15, 0.2) is 0 Å². The molecule has 0 saturated carbocycles. The standard InChI is InChI=1S/C28H39ClN2O3/c1-3-5-7-8-9-10-11-12-20-34-24-16-13-22(14-17-24)28(33)31-26-21-23(15-18-25(26)29)27(32)30-19-6-4-2/h13-18,21H,3-12,19-20H2,1-2H3,(H,30,32)(H,31,33). The van der Waals surface area contributed by atoms with Crippen molar-refractivity contribution in [3.05, 3.63) is 58.6 Å². The molecule has 0 fully saturated rings. The first-order valence-electron chi connectivity index (χ1n) is 12.7. The zero-order chi connectivity index (χ0) is 24.6. The molecule has 34 heavy (non-hydrogen) atoms. The van der Waals surface area contributed by atoms with Crippen LogP contribution in [0.25, 0.3) is 0 Å². The van der Waals surface area contributed by atoms with E-state index in [2.05, 4.69) is 24.5 Å². The van der Waals surface area contributed by atoms with E-state index in [1.165, 1.54) is 44.9 Å². The van der Waals surface area contributed by atoms with Crippen molar-refractivity contribution in [3.8, 4) is 5.75 Å². The SMILES string of the molecule is CCCCCCCCCCOc1ccc(C(=O)Nc2cc(C(=O)NCCCC)ccc2Cl)cc1. The minimum atomic E-state index is -0.292. The summed E-state index contributed by atoms with van der Waals surface area (Å²) in [5.74, 6) is 0.280. The summed E-state index contributed by atoms with van der Waals surface area (Å²) in [6.45, 7) is 5.61. The minimum absolute atomic E-state index is 0.182. The number of ether oxygens (including phenoxy) is 1. The normalized spacial score (nSPS) is 10.7. The molecule has 0 spiro atoms. The van der Waals surface area contributed by atoms with E-state index in [9.17, 15) is 9.59 Å². The van der Waals surface area contributed by atoms with Gasteiger partial charge >= 0.3 is 0 Å². The number of nitrogens with one attached hydrogen (secondary N) is 2. The van der Waals surface area contributed by atoms with Crippen LogP contribution < -0.4 is 15.4 Å². The second kappa shape index (κ2) is 16.2. The summed E-state index contributed by atoms with van der Waals surface area (Å²) >= 11 is 6.24. The van der Waals surface area contributed by atoms with E-state index in [0.717, 1.165) is 25.0 Å². The van der Waals surface area contributed by atoms with E-state index < -0.39 is 0 Å². The van der Waals surface area contributed by atoms with Gasteiger partial charge in [-0.1, -0.05) is 76.8 Å². The lowest BCUT2D eigenvalue weighted by Gasteiger charge is -2.11. The number of hydrogen-bond acceptors (Lipinski definition) is 3. The van der Waals surface area contributed by atoms with Crippen molar-refractivity contribution in [2.75, 3.05) is 18.5 Å². The number of hydrogen-bond donors (Lipinski definition) is 2. The molecular weight excluding hydrogens is 448 g/mol. The third kappa shape index (κ3) is 10.2.